The highest BCUT2D eigenvalue weighted by atomic mass is 32.2. The molecular weight excluding hydrogens is 454 g/mol. The van der Waals surface area contributed by atoms with Gasteiger partial charge in [0, 0.05) is 10.9 Å². The molecule has 176 valence electrons. The van der Waals surface area contributed by atoms with Crippen LogP contribution in [0.3, 0.4) is 0 Å². The summed E-state index contributed by atoms with van der Waals surface area (Å²) in [6.07, 6.45) is 0. The maximum atomic E-state index is 13.0. The molecule has 0 bridgehead atoms. The van der Waals surface area contributed by atoms with Crippen LogP contribution < -0.4 is 15.6 Å². The van der Waals surface area contributed by atoms with Gasteiger partial charge in [-0.15, -0.1) is 0 Å². The summed E-state index contributed by atoms with van der Waals surface area (Å²) in [7, 11) is -4.00. The van der Waals surface area contributed by atoms with Crippen LogP contribution in [-0.4, -0.2) is 26.3 Å². The van der Waals surface area contributed by atoms with Crippen molar-refractivity contribution < 1.29 is 22.4 Å². The monoisotopic (exact) mass is 479 g/mol. The number of para-hydroxylation sites is 1. The Morgan fingerprint density at radius 2 is 1.56 bits per heavy atom. The molecule has 1 atom stereocenters. The second-order valence-corrected chi connectivity index (χ2v) is 10.1. The van der Waals surface area contributed by atoms with E-state index in [0.29, 0.717) is 11.1 Å². The van der Waals surface area contributed by atoms with E-state index < -0.39 is 27.9 Å². The van der Waals surface area contributed by atoms with Crippen molar-refractivity contribution in [3.8, 4) is 0 Å². The van der Waals surface area contributed by atoms with Crippen LogP contribution in [0.2, 0.25) is 0 Å². The average Bonchev–Trinajstić information content (AvgIpc) is 3.17. The predicted molar refractivity (Wildman–Crippen MR) is 129 cm³/mol. The number of hydrazine groups is 1. The van der Waals surface area contributed by atoms with Gasteiger partial charge in [0.2, 0.25) is 10.0 Å². The number of sulfonamides is 1. The first-order valence-corrected chi connectivity index (χ1v) is 12.2. The van der Waals surface area contributed by atoms with E-state index in [1.807, 2.05) is 36.4 Å². The van der Waals surface area contributed by atoms with Gasteiger partial charge < -0.3 is 4.42 Å². The predicted octanol–water partition coefficient (Wildman–Crippen LogP) is 3.66. The zero-order chi connectivity index (χ0) is 24.5. The van der Waals surface area contributed by atoms with Crippen molar-refractivity contribution in [2.45, 2.75) is 31.7 Å². The number of rotatable bonds is 6. The number of hydrogen-bond acceptors (Lipinski definition) is 5. The number of benzene rings is 3. The fraction of sp³-hybridized carbons (Fsp3) is 0.200. The van der Waals surface area contributed by atoms with Gasteiger partial charge in [-0.3, -0.25) is 20.4 Å². The summed E-state index contributed by atoms with van der Waals surface area (Å²) in [6.45, 7) is 5.16. The van der Waals surface area contributed by atoms with Crippen molar-refractivity contribution in [2.24, 2.45) is 5.92 Å². The molecular formula is C25H25N3O5S. The number of furan rings is 1. The first-order chi connectivity index (χ1) is 16.2. The van der Waals surface area contributed by atoms with E-state index in [-0.39, 0.29) is 16.6 Å². The number of nitrogens with one attached hydrogen (secondary N) is 3. The molecule has 1 unspecified atom stereocenters. The largest absolute Gasteiger partial charge is 0.451 e. The molecule has 1 heterocycles. The van der Waals surface area contributed by atoms with Crippen molar-refractivity contribution in [2.75, 3.05) is 0 Å². The molecule has 0 aliphatic carbocycles. The van der Waals surface area contributed by atoms with Gasteiger partial charge in [-0.05, 0) is 41.8 Å². The summed E-state index contributed by atoms with van der Waals surface area (Å²) in [5.74, 6) is -1.65. The maximum absolute atomic E-state index is 13.0. The van der Waals surface area contributed by atoms with Crippen LogP contribution in [0.1, 0.15) is 30.0 Å². The SMILES string of the molecule is Cc1c(C(=O)NNC(=O)C(NS(=O)(=O)c2ccc3ccccc3c2)C(C)C)oc2ccccc12. The summed E-state index contributed by atoms with van der Waals surface area (Å²) in [6, 6.07) is 18.2. The second kappa shape index (κ2) is 9.28. The maximum Gasteiger partial charge on any atom is 0.305 e. The van der Waals surface area contributed by atoms with Gasteiger partial charge in [0.15, 0.2) is 5.76 Å². The van der Waals surface area contributed by atoms with Crippen LogP contribution in [0.15, 0.2) is 76.0 Å². The first-order valence-electron chi connectivity index (χ1n) is 10.8. The Labute approximate surface area is 197 Å². The highest BCUT2D eigenvalue weighted by Gasteiger charge is 2.29. The molecule has 4 rings (SSSR count). The smallest absolute Gasteiger partial charge is 0.305 e. The third-order valence-electron chi connectivity index (χ3n) is 5.61. The van der Waals surface area contributed by atoms with E-state index in [9.17, 15) is 18.0 Å². The third kappa shape index (κ3) is 4.66. The molecule has 1 aromatic heterocycles. The van der Waals surface area contributed by atoms with E-state index in [1.165, 1.54) is 6.07 Å². The van der Waals surface area contributed by atoms with E-state index >= 15 is 0 Å². The van der Waals surface area contributed by atoms with E-state index in [4.69, 9.17) is 4.42 Å². The Bertz CT molecular complexity index is 1490. The van der Waals surface area contributed by atoms with Gasteiger partial charge in [-0.1, -0.05) is 62.4 Å². The molecule has 0 spiro atoms. The number of carbonyl (C=O) groups is 2. The van der Waals surface area contributed by atoms with Gasteiger partial charge in [-0.25, -0.2) is 8.42 Å². The van der Waals surface area contributed by atoms with Crippen molar-refractivity contribution in [1.29, 1.82) is 0 Å². The molecule has 4 aromatic rings. The fourth-order valence-electron chi connectivity index (χ4n) is 3.71. The zero-order valence-electron chi connectivity index (χ0n) is 19.0. The molecule has 34 heavy (non-hydrogen) atoms. The molecule has 0 radical (unpaired) electrons. The van der Waals surface area contributed by atoms with E-state index in [0.717, 1.165) is 16.2 Å². The Hall–Kier alpha value is -3.69. The van der Waals surface area contributed by atoms with Gasteiger partial charge in [0.1, 0.15) is 11.6 Å². The molecule has 0 aliphatic rings. The highest BCUT2D eigenvalue weighted by molar-refractivity contribution is 7.89. The quantitative estimate of drug-likeness (QED) is 0.365. The van der Waals surface area contributed by atoms with Crippen molar-refractivity contribution in [3.05, 3.63) is 78.1 Å². The molecule has 2 amide bonds. The lowest BCUT2D eigenvalue weighted by Gasteiger charge is -2.21. The number of aryl methyl sites for hydroxylation is 1. The molecule has 3 N–H and O–H groups in total. The Morgan fingerprint density at radius 1 is 0.882 bits per heavy atom. The number of carbonyl (C=O) groups excluding carboxylic acids is 2. The lowest BCUT2D eigenvalue weighted by molar-refractivity contribution is -0.124. The minimum atomic E-state index is -4.00. The van der Waals surface area contributed by atoms with Crippen LogP contribution >= 0.6 is 0 Å². The molecule has 0 saturated heterocycles. The summed E-state index contributed by atoms with van der Waals surface area (Å²) in [5, 5.41) is 2.47. The van der Waals surface area contributed by atoms with Gasteiger partial charge in [-0.2, -0.15) is 4.72 Å². The molecule has 3 aromatic carbocycles. The zero-order valence-corrected chi connectivity index (χ0v) is 19.8. The summed E-state index contributed by atoms with van der Waals surface area (Å²) in [4.78, 5) is 25.5. The Morgan fingerprint density at radius 3 is 2.26 bits per heavy atom. The summed E-state index contributed by atoms with van der Waals surface area (Å²) < 4.78 is 34.1. The molecule has 8 nitrogen and oxygen atoms in total. The van der Waals surface area contributed by atoms with Crippen LogP contribution in [0.5, 0.6) is 0 Å². The number of amides is 2. The standard InChI is InChI=1S/C25H25N3O5S/c1-15(2)22(28-34(31,32)19-13-12-17-8-4-5-9-18(17)14-19)24(29)26-27-25(30)23-16(3)20-10-6-7-11-21(20)33-23/h4-15,22,28H,1-3H3,(H,26,29)(H,27,30). The Kier molecular flexibility index (Phi) is 6.41. The van der Waals surface area contributed by atoms with E-state index in [2.05, 4.69) is 15.6 Å². The number of fused-ring (bicyclic) bond motifs is 2. The van der Waals surface area contributed by atoms with E-state index in [1.54, 1.807) is 45.0 Å². The molecule has 9 heteroatoms. The van der Waals surface area contributed by atoms with Crippen molar-refractivity contribution >= 4 is 43.6 Å². The normalized spacial score (nSPS) is 12.7. The average molecular weight is 480 g/mol. The van der Waals surface area contributed by atoms with Gasteiger partial charge >= 0.3 is 5.91 Å². The topological polar surface area (TPSA) is 118 Å². The fourth-order valence-corrected chi connectivity index (χ4v) is 5.08. The minimum Gasteiger partial charge on any atom is -0.451 e. The van der Waals surface area contributed by atoms with Crippen LogP contribution in [-0.2, 0) is 14.8 Å². The lowest BCUT2D eigenvalue weighted by Crippen LogP contribution is -2.54. The second-order valence-electron chi connectivity index (χ2n) is 8.35. The van der Waals surface area contributed by atoms with Gasteiger partial charge in [0.25, 0.3) is 5.91 Å². The minimum absolute atomic E-state index is 0.0478. The Balaban J connectivity index is 1.48. The molecule has 0 saturated carbocycles. The highest BCUT2D eigenvalue weighted by Crippen LogP contribution is 2.24. The third-order valence-corrected chi connectivity index (χ3v) is 7.05. The summed E-state index contributed by atoms with van der Waals surface area (Å²) >= 11 is 0. The van der Waals surface area contributed by atoms with Crippen LogP contribution in [0.4, 0.5) is 0 Å². The van der Waals surface area contributed by atoms with Crippen molar-refractivity contribution in [3.63, 3.8) is 0 Å². The summed E-state index contributed by atoms with van der Waals surface area (Å²) in [5.41, 5.74) is 5.82. The lowest BCUT2D eigenvalue weighted by atomic mass is 10.1. The first kappa shape index (κ1) is 23.5. The van der Waals surface area contributed by atoms with Crippen LogP contribution in [0.25, 0.3) is 21.7 Å². The molecule has 0 fully saturated rings. The van der Waals surface area contributed by atoms with Crippen LogP contribution in [0, 0.1) is 12.8 Å². The van der Waals surface area contributed by atoms with Gasteiger partial charge in [0.05, 0.1) is 4.90 Å². The molecule has 0 aliphatic heterocycles. The number of hydrogen-bond donors (Lipinski definition) is 3. The van der Waals surface area contributed by atoms with Crippen molar-refractivity contribution in [1.82, 2.24) is 15.6 Å².